The molecule has 1 saturated heterocycles. The first-order valence-corrected chi connectivity index (χ1v) is 12.3. The van der Waals surface area contributed by atoms with Crippen molar-refractivity contribution in [2.45, 2.75) is 32.7 Å². The van der Waals surface area contributed by atoms with Crippen LogP contribution in [-0.2, 0) is 4.79 Å². The molecule has 4 rings (SSSR count). The summed E-state index contributed by atoms with van der Waals surface area (Å²) >= 11 is 1.44. The second-order valence-corrected chi connectivity index (χ2v) is 9.45. The number of benzene rings is 2. The van der Waals surface area contributed by atoms with E-state index in [2.05, 4.69) is 57.1 Å². The summed E-state index contributed by atoms with van der Waals surface area (Å²) in [6.45, 7) is 12.0. The fourth-order valence-electron chi connectivity index (χ4n) is 4.20. The van der Waals surface area contributed by atoms with Crippen molar-refractivity contribution in [3.8, 4) is 0 Å². The highest BCUT2D eigenvalue weighted by Gasteiger charge is 2.22. The summed E-state index contributed by atoms with van der Waals surface area (Å²) in [5.74, 6) is 1.12. The van der Waals surface area contributed by atoms with Gasteiger partial charge in [-0.1, -0.05) is 42.1 Å². The first-order valence-electron chi connectivity index (χ1n) is 11.3. The van der Waals surface area contributed by atoms with Crippen LogP contribution in [-0.4, -0.2) is 47.8 Å². The molecule has 1 fully saturated rings. The van der Waals surface area contributed by atoms with Crippen molar-refractivity contribution in [1.29, 1.82) is 0 Å². The fourth-order valence-corrected chi connectivity index (χ4v) is 4.98. The predicted octanol–water partition coefficient (Wildman–Crippen LogP) is 4.77. The van der Waals surface area contributed by atoms with E-state index >= 15 is 0 Å². The van der Waals surface area contributed by atoms with Crippen molar-refractivity contribution in [2.24, 2.45) is 0 Å². The molecule has 2 heterocycles. The SMILES string of the molecule is Cc1cccc(N2CCN(c3nccnc3SCC(=O)Nc3c(C)cccc3C)CC2)c1C. The highest BCUT2D eigenvalue weighted by molar-refractivity contribution is 8.00. The normalized spacial score (nSPS) is 13.8. The number of para-hydroxylation sites is 1. The third-order valence-electron chi connectivity index (χ3n) is 6.23. The lowest BCUT2D eigenvalue weighted by Crippen LogP contribution is -2.47. The molecule has 0 saturated carbocycles. The minimum atomic E-state index is -0.0336. The lowest BCUT2D eigenvalue weighted by Gasteiger charge is -2.37. The number of aromatic nitrogens is 2. The molecule has 1 aliphatic rings. The number of amides is 1. The van der Waals surface area contributed by atoms with Crippen LogP contribution in [0.3, 0.4) is 0 Å². The summed E-state index contributed by atoms with van der Waals surface area (Å²) in [4.78, 5) is 26.5. The summed E-state index contributed by atoms with van der Waals surface area (Å²) in [5, 5.41) is 3.85. The summed E-state index contributed by atoms with van der Waals surface area (Å²) in [6, 6.07) is 12.5. The molecule has 0 unspecified atom stereocenters. The molecular weight excluding hydrogens is 430 g/mol. The molecular formula is C26H31N5OS. The van der Waals surface area contributed by atoms with E-state index in [9.17, 15) is 4.79 Å². The van der Waals surface area contributed by atoms with Gasteiger partial charge < -0.3 is 15.1 Å². The molecule has 1 aliphatic heterocycles. The number of aryl methyl sites for hydroxylation is 3. The van der Waals surface area contributed by atoms with Gasteiger partial charge in [0.15, 0.2) is 5.82 Å². The average molecular weight is 462 g/mol. The smallest absolute Gasteiger partial charge is 0.234 e. The number of carbonyl (C=O) groups excluding carboxylic acids is 1. The Balaban J connectivity index is 1.39. The number of piperazine rings is 1. The molecule has 172 valence electrons. The van der Waals surface area contributed by atoms with Gasteiger partial charge in [0.2, 0.25) is 5.91 Å². The van der Waals surface area contributed by atoms with Gasteiger partial charge in [-0.05, 0) is 56.0 Å². The van der Waals surface area contributed by atoms with Gasteiger partial charge in [-0.2, -0.15) is 0 Å². The molecule has 1 amide bonds. The van der Waals surface area contributed by atoms with Gasteiger partial charge in [0.05, 0.1) is 5.75 Å². The zero-order chi connectivity index (χ0) is 23.4. The summed E-state index contributed by atoms with van der Waals surface area (Å²) in [7, 11) is 0. The Hall–Kier alpha value is -3.06. The second kappa shape index (κ2) is 10.3. The quantitative estimate of drug-likeness (QED) is 0.534. The van der Waals surface area contributed by atoms with Crippen molar-refractivity contribution in [3.63, 3.8) is 0 Å². The Labute approximate surface area is 200 Å². The third-order valence-corrected chi connectivity index (χ3v) is 7.20. The van der Waals surface area contributed by atoms with E-state index < -0.39 is 0 Å². The minimum Gasteiger partial charge on any atom is -0.368 e. The van der Waals surface area contributed by atoms with Crippen LogP contribution in [0.2, 0.25) is 0 Å². The lowest BCUT2D eigenvalue weighted by molar-refractivity contribution is -0.113. The summed E-state index contributed by atoms with van der Waals surface area (Å²) in [5.41, 5.74) is 7.00. The van der Waals surface area contributed by atoms with Crippen molar-refractivity contribution in [3.05, 3.63) is 71.0 Å². The number of hydrogen-bond donors (Lipinski definition) is 1. The molecule has 6 nitrogen and oxygen atoms in total. The molecule has 0 spiro atoms. The molecule has 7 heteroatoms. The van der Waals surface area contributed by atoms with E-state index in [0.29, 0.717) is 5.75 Å². The molecule has 3 aromatic rings. The number of carbonyl (C=O) groups is 1. The van der Waals surface area contributed by atoms with Crippen LogP contribution in [0.1, 0.15) is 22.3 Å². The summed E-state index contributed by atoms with van der Waals surface area (Å²) < 4.78 is 0. The molecule has 0 radical (unpaired) electrons. The van der Waals surface area contributed by atoms with Gasteiger partial charge in [0.1, 0.15) is 5.03 Å². The Morgan fingerprint density at radius 2 is 1.48 bits per heavy atom. The topological polar surface area (TPSA) is 61.4 Å². The average Bonchev–Trinajstić information content (AvgIpc) is 2.82. The molecule has 1 N–H and O–H groups in total. The van der Waals surface area contributed by atoms with Crippen LogP contribution < -0.4 is 15.1 Å². The van der Waals surface area contributed by atoms with Crippen molar-refractivity contribution in [1.82, 2.24) is 9.97 Å². The van der Waals surface area contributed by atoms with Gasteiger partial charge >= 0.3 is 0 Å². The fraction of sp³-hybridized carbons (Fsp3) is 0.346. The number of rotatable bonds is 6. The standard InChI is InChI=1S/C26H31N5OS/c1-18-7-6-10-22(21(18)4)30-13-15-31(16-14-30)25-26(28-12-11-27-25)33-17-23(32)29-24-19(2)8-5-9-20(24)3/h5-12H,13-17H2,1-4H3,(H,29,32). The van der Waals surface area contributed by atoms with Crippen molar-refractivity contribution >= 4 is 34.9 Å². The van der Waals surface area contributed by atoms with Crippen LogP contribution in [0, 0.1) is 27.7 Å². The maximum Gasteiger partial charge on any atom is 0.234 e. The number of hydrogen-bond acceptors (Lipinski definition) is 6. The maximum atomic E-state index is 12.6. The van der Waals surface area contributed by atoms with Gasteiger partial charge in [-0.15, -0.1) is 0 Å². The minimum absolute atomic E-state index is 0.0336. The third kappa shape index (κ3) is 5.30. The predicted molar refractivity (Wildman–Crippen MR) is 138 cm³/mol. The van der Waals surface area contributed by atoms with Gasteiger partial charge in [0, 0.05) is 49.9 Å². The van der Waals surface area contributed by atoms with Crippen LogP contribution in [0.4, 0.5) is 17.2 Å². The largest absolute Gasteiger partial charge is 0.368 e. The first kappa shape index (κ1) is 23.1. The molecule has 1 aromatic heterocycles. The van der Waals surface area contributed by atoms with E-state index in [4.69, 9.17) is 0 Å². The van der Waals surface area contributed by atoms with Gasteiger partial charge in [-0.3, -0.25) is 4.79 Å². The highest BCUT2D eigenvalue weighted by Crippen LogP contribution is 2.29. The van der Waals surface area contributed by atoms with Crippen LogP contribution in [0.5, 0.6) is 0 Å². The van der Waals surface area contributed by atoms with E-state index in [1.165, 1.54) is 28.6 Å². The van der Waals surface area contributed by atoms with Gasteiger partial charge in [-0.25, -0.2) is 9.97 Å². The number of nitrogens with one attached hydrogen (secondary N) is 1. The van der Waals surface area contributed by atoms with Crippen molar-refractivity contribution < 1.29 is 4.79 Å². The number of nitrogens with zero attached hydrogens (tertiary/aromatic N) is 4. The van der Waals surface area contributed by atoms with Crippen LogP contribution in [0.25, 0.3) is 0 Å². The Bertz CT molecular complexity index is 1120. The van der Waals surface area contributed by atoms with Crippen molar-refractivity contribution in [2.75, 3.05) is 47.0 Å². The second-order valence-electron chi connectivity index (χ2n) is 8.48. The Kier molecular flexibility index (Phi) is 7.18. The van der Waals surface area contributed by atoms with E-state index in [-0.39, 0.29) is 5.91 Å². The molecule has 33 heavy (non-hydrogen) atoms. The first-order chi connectivity index (χ1) is 15.9. The Morgan fingerprint density at radius 1 is 0.879 bits per heavy atom. The van der Waals surface area contributed by atoms with Crippen LogP contribution in [0.15, 0.2) is 53.8 Å². The van der Waals surface area contributed by atoms with E-state index in [0.717, 1.165) is 53.8 Å². The molecule has 0 bridgehead atoms. The monoisotopic (exact) mass is 461 g/mol. The lowest BCUT2D eigenvalue weighted by atomic mass is 10.1. The number of anilines is 3. The molecule has 2 aromatic carbocycles. The number of thioether (sulfide) groups is 1. The zero-order valence-electron chi connectivity index (χ0n) is 19.8. The van der Waals surface area contributed by atoms with Gasteiger partial charge in [0.25, 0.3) is 0 Å². The van der Waals surface area contributed by atoms with E-state index in [1.807, 2.05) is 32.0 Å². The highest BCUT2D eigenvalue weighted by atomic mass is 32.2. The van der Waals surface area contributed by atoms with Crippen LogP contribution >= 0.6 is 11.8 Å². The Morgan fingerprint density at radius 3 is 2.21 bits per heavy atom. The summed E-state index contributed by atoms with van der Waals surface area (Å²) in [6.07, 6.45) is 3.43. The maximum absolute atomic E-state index is 12.6. The zero-order valence-corrected chi connectivity index (χ0v) is 20.6. The molecule has 0 aliphatic carbocycles. The molecule has 0 atom stereocenters. The van der Waals surface area contributed by atoms with E-state index in [1.54, 1.807) is 12.4 Å².